The van der Waals surface area contributed by atoms with Gasteiger partial charge in [0.1, 0.15) is 57.1 Å². The number of methoxy groups -OCH3 is 1. The molecule has 2 heterocycles. The summed E-state index contributed by atoms with van der Waals surface area (Å²) < 4.78 is 50.0. The highest BCUT2D eigenvalue weighted by Crippen LogP contribution is 2.28. The Kier molecular flexibility index (Phi) is 16.1. The van der Waals surface area contributed by atoms with Crippen LogP contribution in [0.15, 0.2) is 24.3 Å². The molecule has 15 nitrogen and oxygen atoms in total. The second kappa shape index (κ2) is 19.3. The molecule has 2 fully saturated rings. The Hall–Kier alpha value is -2.66. The number of rotatable bonds is 15. The maximum absolute atomic E-state index is 13.2. The molecule has 3 rings (SSSR count). The summed E-state index contributed by atoms with van der Waals surface area (Å²) in [5, 5.41) is 43.3. The molecule has 0 saturated carbocycles. The number of aliphatic hydroxyl groups excluding tert-OH is 4. The Balaban J connectivity index is 1.66. The molecule has 0 aromatic heterocycles. The van der Waals surface area contributed by atoms with Crippen molar-refractivity contribution in [2.45, 2.75) is 128 Å². The van der Waals surface area contributed by atoms with E-state index >= 15 is 0 Å². The predicted octanol–water partition coefficient (Wildman–Crippen LogP) is 0.676. The summed E-state index contributed by atoms with van der Waals surface area (Å²) in [6.45, 7) is 12.0. The normalized spacial score (nSPS) is 30.0. The van der Waals surface area contributed by atoms with Gasteiger partial charge in [0.05, 0.1) is 32.5 Å². The Morgan fingerprint density at radius 3 is 1.90 bits per heavy atom. The molecule has 50 heavy (non-hydrogen) atoms. The van der Waals surface area contributed by atoms with E-state index in [1.165, 1.54) is 7.11 Å². The minimum absolute atomic E-state index is 0.123. The van der Waals surface area contributed by atoms with Crippen LogP contribution < -0.4 is 4.74 Å². The van der Waals surface area contributed by atoms with Gasteiger partial charge in [0.25, 0.3) is 0 Å². The van der Waals surface area contributed by atoms with Gasteiger partial charge in [-0.25, -0.2) is 9.59 Å². The first-order valence-electron chi connectivity index (χ1n) is 16.6. The average Bonchev–Trinajstić information content (AvgIpc) is 3.05. The number of hydrogen-bond donors (Lipinski definition) is 4. The molecule has 2 saturated heterocycles. The lowest BCUT2D eigenvalue weighted by Crippen LogP contribution is -2.62. The van der Waals surface area contributed by atoms with Crippen molar-refractivity contribution in [3.63, 3.8) is 0 Å². The van der Waals surface area contributed by atoms with E-state index in [0.717, 1.165) is 0 Å². The first-order chi connectivity index (χ1) is 23.5. The molecule has 2 unspecified atom stereocenters. The largest absolute Gasteiger partial charge is 0.497 e. The van der Waals surface area contributed by atoms with Gasteiger partial charge in [0.15, 0.2) is 31.4 Å². The Bertz CT molecular complexity index is 1270. The molecule has 0 bridgehead atoms. The van der Waals surface area contributed by atoms with Crippen molar-refractivity contribution >= 4 is 20.0 Å². The fourth-order valence-corrected chi connectivity index (χ4v) is 5.62. The van der Waals surface area contributed by atoms with E-state index in [-0.39, 0.29) is 26.4 Å². The maximum atomic E-state index is 13.2. The topological polar surface area (TPSA) is 198 Å². The lowest BCUT2D eigenvalue weighted by atomic mass is 9.98. The highest BCUT2D eigenvalue weighted by molar-refractivity contribution is 6.83. The Morgan fingerprint density at radius 2 is 1.30 bits per heavy atom. The van der Waals surface area contributed by atoms with Crippen molar-refractivity contribution in [3.05, 3.63) is 29.8 Å². The van der Waals surface area contributed by atoms with Crippen molar-refractivity contribution in [1.82, 2.24) is 0 Å². The van der Waals surface area contributed by atoms with Crippen LogP contribution in [-0.4, -0.2) is 141 Å². The molecule has 16 heteroatoms. The van der Waals surface area contributed by atoms with Gasteiger partial charge in [0, 0.05) is 0 Å². The van der Waals surface area contributed by atoms with Gasteiger partial charge in [-0.3, -0.25) is 0 Å². The second-order valence-corrected chi connectivity index (χ2v) is 18.2. The number of carbonyl (C=O) groups is 2. The van der Waals surface area contributed by atoms with Gasteiger partial charge in [-0.15, -0.1) is 5.54 Å². The van der Waals surface area contributed by atoms with Crippen LogP contribution >= 0.6 is 0 Å². The number of hydrogen-bond acceptors (Lipinski definition) is 15. The maximum Gasteiger partial charge on any atom is 0.339 e. The number of ether oxygens (including phenoxy) is 9. The van der Waals surface area contributed by atoms with Crippen LogP contribution in [0.25, 0.3) is 0 Å². The van der Waals surface area contributed by atoms with E-state index in [1.54, 1.807) is 52.0 Å². The number of carbonyl (C=O) groups excluding carboxylic acids is 2. The van der Waals surface area contributed by atoms with E-state index in [1.807, 2.05) is 19.6 Å². The molecule has 0 spiro atoms. The number of aliphatic hydroxyl groups is 4. The lowest BCUT2D eigenvalue weighted by Gasteiger charge is -2.42. The van der Waals surface area contributed by atoms with E-state index in [4.69, 9.17) is 42.6 Å². The minimum atomic E-state index is -1.70. The first kappa shape index (κ1) is 41.8. The van der Waals surface area contributed by atoms with Crippen molar-refractivity contribution in [2.75, 3.05) is 26.9 Å². The first-order valence-corrected chi connectivity index (χ1v) is 20.1. The summed E-state index contributed by atoms with van der Waals surface area (Å²) in [6.07, 6.45) is -15.8. The van der Waals surface area contributed by atoms with Crippen LogP contribution in [-0.2, 0) is 54.1 Å². The third-order valence-corrected chi connectivity index (χ3v) is 8.28. The van der Waals surface area contributed by atoms with Crippen molar-refractivity contribution in [1.29, 1.82) is 0 Å². The Labute approximate surface area is 294 Å². The summed E-state index contributed by atoms with van der Waals surface area (Å²) >= 11 is 0. The van der Waals surface area contributed by atoms with Crippen LogP contribution in [0.2, 0.25) is 19.6 Å². The summed E-state index contributed by atoms with van der Waals surface area (Å²) in [5.41, 5.74) is 3.74. The molecule has 2 aliphatic heterocycles. The van der Waals surface area contributed by atoms with Crippen molar-refractivity contribution in [2.24, 2.45) is 0 Å². The lowest BCUT2D eigenvalue weighted by molar-refractivity contribution is -0.316. The number of benzene rings is 1. The van der Waals surface area contributed by atoms with Crippen molar-refractivity contribution < 1.29 is 72.6 Å². The van der Waals surface area contributed by atoms with Gasteiger partial charge < -0.3 is 63.1 Å². The molecule has 4 N–H and O–H groups in total. The van der Waals surface area contributed by atoms with Crippen LogP contribution in [0.4, 0.5) is 0 Å². The molecule has 282 valence electrons. The SMILES string of the molecule is COc1ccc(COC(=O)C2O[C@@H](OC(C)C)[C@@H](O)[C@@H](O)[C@@H]2OCCO[C@@H]2OC(C(=O)OCC#C[Si](C)(C)C)[C@@H](OC(C)C)[C@H](O)[C@@H]2O)cc1. The second-order valence-electron chi connectivity index (χ2n) is 13.5. The van der Waals surface area contributed by atoms with Crippen LogP contribution in [0.1, 0.15) is 33.3 Å². The zero-order valence-corrected chi connectivity index (χ0v) is 30.8. The van der Waals surface area contributed by atoms with Gasteiger partial charge >= 0.3 is 11.9 Å². The molecular weight excluding hydrogens is 676 g/mol. The average molecular weight is 729 g/mol. The summed E-state index contributed by atoms with van der Waals surface area (Å²) in [7, 11) is -0.173. The Morgan fingerprint density at radius 1 is 0.760 bits per heavy atom. The fraction of sp³-hybridized carbons (Fsp3) is 0.706. The monoisotopic (exact) mass is 728 g/mol. The van der Waals surface area contributed by atoms with E-state index in [9.17, 15) is 30.0 Å². The van der Waals surface area contributed by atoms with Gasteiger partial charge in [-0.1, -0.05) is 37.7 Å². The fourth-order valence-electron chi connectivity index (χ4n) is 5.02. The quantitative estimate of drug-likeness (QED) is 0.0851. The minimum Gasteiger partial charge on any atom is -0.497 e. The highest BCUT2D eigenvalue weighted by atomic mass is 28.3. The third-order valence-electron chi connectivity index (χ3n) is 7.36. The standard InChI is InChI=1S/C34H52O15Si/c1-19(2)46-28-24(36)25(37)33(48-30(28)31(39)43-14-9-17-50(6,7)8)44-16-15-42-27-23(35)26(38)34(47-20(3)4)49-29(27)32(40)45-18-21-10-12-22(41-5)13-11-21/h10-13,19-20,23-30,33-38H,14-16,18H2,1-8H3/t23-,24-,25+,26+,27+,28+,29?,30?,33-,34-/m1/s1. The molecule has 1 aromatic carbocycles. The van der Waals surface area contributed by atoms with Gasteiger partial charge in [0.2, 0.25) is 0 Å². The van der Waals surface area contributed by atoms with Crippen molar-refractivity contribution in [3.8, 4) is 17.2 Å². The predicted molar refractivity (Wildman–Crippen MR) is 178 cm³/mol. The molecule has 0 radical (unpaired) electrons. The number of esters is 2. The van der Waals surface area contributed by atoms with E-state index in [0.29, 0.717) is 11.3 Å². The van der Waals surface area contributed by atoms with Crippen LogP contribution in [0.5, 0.6) is 5.75 Å². The molecule has 2 aliphatic rings. The van der Waals surface area contributed by atoms with Crippen LogP contribution in [0, 0.1) is 11.5 Å². The molecular formula is C34H52O15Si. The van der Waals surface area contributed by atoms with Gasteiger partial charge in [-0.05, 0) is 45.4 Å². The molecule has 10 atom stereocenters. The summed E-state index contributed by atoms with van der Waals surface area (Å²) in [6, 6.07) is 6.84. The zero-order valence-electron chi connectivity index (χ0n) is 29.8. The van der Waals surface area contributed by atoms with Gasteiger partial charge in [-0.2, -0.15) is 0 Å². The smallest absolute Gasteiger partial charge is 0.339 e. The summed E-state index contributed by atoms with van der Waals surface area (Å²) in [4.78, 5) is 26.2. The van der Waals surface area contributed by atoms with E-state index < -0.39 is 93.6 Å². The summed E-state index contributed by atoms with van der Waals surface area (Å²) in [5.74, 6) is 1.71. The molecule has 1 aromatic rings. The van der Waals surface area contributed by atoms with Crippen LogP contribution in [0.3, 0.4) is 0 Å². The molecule has 0 aliphatic carbocycles. The van der Waals surface area contributed by atoms with E-state index in [2.05, 4.69) is 11.5 Å². The molecule has 0 amide bonds. The zero-order chi connectivity index (χ0) is 37.2. The highest BCUT2D eigenvalue weighted by Gasteiger charge is 2.51. The third kappa shape index (κ3) is 12.2.